The van der Waals surface area contributed by atoms with E-state index in [1.165, 1.54) is 58.0 Å². The Balaban J connectivity index is 1.48. The van der Waals surface area contributed by atoms with Crippen molar-refractivity contribution in [2.75, 3.05) is 32.7 Å². The molecule has 2 aliphatic rings. The van der Waals surface area contributed by atoms with Gasteiger partial charge in [-0.3, -0.25) is 4.79 Å². The van der Waals surface area contributed by atoms with Gasteiger partial charge in [-0.25, -0.2) is 0 Å². The predicted octanol–water partition coefficient (Wildman–Crippen LogP) is 1.12. The summed E-state index contributed by atoms with van der Waals surface area (Å²) < 4.78 is 0. The van der Waals surface area contributed by atoms with E-state index >= 15 is 0 Å². The van der Waals surface area contributed by atoms with Gasteiger partial charge in [-0.15, -0.1) is 0 Å². The van der Waals surface area contributed by atoms with Crippen LogP contribution in [0, 0.1) is 0 Å². The lowest BCUT2D eigenvalue weighted by Crippen LogP contribution is -2.42. The van der Waals surface area contributed by atoms with E-state index in [-0.39, 0.29) is 5.91 Å². The molecule has 4 heteroatoms. The molecule has 0 aromatic rings. The molecule has 0 spiro atoms. The molecule has 0 unspecified atom stereocenters. The molecule has 4 nitrogen and oxygen atoms in total. The van der Waals surface area contributed by atoms with E-state index in [0.717, 1.165) is 13.1 Å². The predicted molar refractivity (Wildman–Crippen MR) is 73.6 cm³/mol. The number of likely N-dealkylation sites (tertiary alicyclic amines) is 1. The van der Waals surface area contributed by atoms with Crippen molar-refractivity contribution in [3.05, 3.63) is 0 Å². The molecule has 0 aromatic carbocycles. The number of amides is 1. The van der Waals surface area contributed by atoms with Gasteiger partial charge in [0.15, 0.2) is 0 Å². The minimum Gasteiger partial charge on any atom is -0.354 e. The van der Waals surface area contributed by atoms with Crippen LogP contribution in [0.2, 0.25) is 0 Å². The number of rotatable bonds is 6. The monoisotopic (exact) mass is 253 g/mol. The van der Waals surface area contributed by atoms with Gasteiger partial charge in [-0.05, 0) is 38.8 Å². The van der Waals surface area contributed by atoms with Crippen molar-refractivity contribution in [3.8, 4) is 0 Å². The van der Waals surface area contributed by atoms with Crippen LogP contribution in [-0.2, 0) is 4.79 Å². The van der Waals surface area contributed by atoms with E-state index in [4.69, 9.17) is 0 Å². The molecule has 2 fully saturated rings. The quantitative estimate of drug-likeness (QED) is 0.745. The molecular weight excluding hydrogens is 226 g/mol. The second-order valence-corrected chi connectivity index (χ2v) is 5.61. The maximum atomic E-state index is 11.6. The molecule has 0 radical (unpaired) electrons. The van der Waals surface area contributed by atoms with Gasteiger partial charge in [0.1, 0.15) is 0 Å². The third-order valence-electron chi connectivity index (χ3n) is 4.11. The molecule has 18 heavy (non-hydrogen) atoms. The highest BCUT2D eigenvalue weighted by Crippen LogP contribution is 2.17. The van der Waals surface area contributed by atoms with Crippen LogP contribution in [0.4, 0.5) is 0 Å². The summed E-state index contributed by atoms with van der Waals surface area (Å²) in [5, 5.41) is 6.35. The Bertz CT molecular complexity index is 245. The Kier molecular flexibility index (Phi) is 5.94. The van der Waals surface area contributed by atoms with Crippen LogP contribution in [0.5, 0.6) is 0 Å². The van der Waals surface area contributed by atoms with Gasteiger partial charge in [0.05, 0.1) is 6.54 Å². The summed E-state index contributed by atoms with van der Waals surface area (Å²) in [5.41, 5.74) is 0. The number of hydrogen-bond donors (Lipinski definition) is 2. The summed E-state index contributed by atoms with van der Waals surface area (Å²) in [5.74, 6) is 0.152. The summed E-state index contributed by atoms with van der Waals surface area (Å²) in [6.07, 6.45) is 9.10. The fourth-order valence-corrected chi connectivity index (χ4v) is 2.97. The van der Waals surface area contributed by atoms with E-state index in [1.807, 2.05) is 0 Å². The summed E-state index contributed by atoms with van der Waals surface area (Å²) >= 11 is 0. The Morgan fingerprint density at radius 3 is 2.50 bits per heavy atom. The second-order valence-electron chi connectivity index (χ2n) is 5.61. The SMILES string of the molecule is O=C(CNC1CCCC1)NCCN1CCCCC1. The van der Waals surface area contributed by atoms with Crippen LogP contribution < -0.4 is 10.6 Å². The minimum atomic E-state index is 0.152. The van der Waals surface area contributed by atoms with Crippen LogP contribution in [0.15, 0.2) is 0 Å². The van der Waals surface area contributed by atoms with Gasteiger partial charge in [0.2, 0.25) is 5.91 Å². The number of carbonyl (C=O) groups excluding carboxylic acids is 1. The highest BCUT2D eigenvalue weighted by Gasteiger charge is 2.15. The first-order chi connectivity index (χ1) is 8.84. The van der Waals surface area contributed by atoms with Crippen molar-refractivity contribution in [1.82, 2.24) is 15.5 Å². The minimum absolute atomic E-state index is 0.152. The van der Waals surface area contributed by atoms with Crippen molar-refractivity contribution in [2.45, 2.75) is 51.0 Å². The molecule has 1 aliphatic heterocycles. The summed E-state index contributed by atoms with van der Waals surface area (Å²) in [4.78, 5) is 14.1. The standard InChI is InChI=1S/C14H27N3O/c18-14(12-16-13-6-2-3-7-13)15-8-11-17-9-4-1-5-10-17/h13,16H,1-12H2,(H,15,18). The smallest absolute Gasteiger partial charge is 0.234 e. The molecule has 1 heterocycles. The maximum Gasteiger partial charge on any atom is 0.234 e. The third kappa shape index (κ3) is 4.94. The number of hydrogen-bond acceptors (Lipinski definition) is 3. The molecule has 1 aliphatic carbocycles. The molecular formula is C14H27N3O. The third-order valence-corrected chi connectivity index (χ3v) is 4.11. The van der Waals surface area contributed by atoms with E-state index in [1.54, 1.807) is 0 Å². The van der Waals surface area contributed by atoms with Gasteiger partial charge in [0, 0.05) is 19.1 Å². The van der Waals surface area contributed by atoms with E-state index in [0.29, 0.717) is 12.6 Å². The Hall–Kier alpha value is -0.610. The zero-order chi connectivity index (χ0) is 12.6. The number of nitrogens with one attached hydrogen (secondary N) is 2. The van der Waals surface area contributed by atoms with Crippen molar-refractivity contribution in [2.24, 2.45) is 0 Å². The largest absolute Gasteiger partial charge is 0.354 e. The molecule has 2 N–H and O–H groups in total. The second kappa shape index (κ2) is 7.74. The van der Waals surface area contributed by atoms with Gasteiger partial charge in [-0.1, -0.05) is 19.3 Å². The molecule has 0 bridgehead atoms. The summed E-state index contributed by atoms with van der Waals surface area (Å²) in [6, 6.07) is 0.581. The lowest BCUT2D eigenvalue weighted by atomic mass is 10.1. The molecule has 1 saturated heterocycles. The topological polar surface area (TPSA) is 44.4 Å². The fourth-order valence-electron chi connectivity index (χ4n) is 2.97. The van der Waals surface area contributed by atoms with Gasteiger partial charge >= 0.3 is 0 Å². The Labute approximate surface area is 110 Å². The molecule has 104 valence electrons. The summed E-state index contributed by atoms with van der Waals surface area (Å²) in [7, 11) is 0. The van der Waals surface area contributed by atoms with Crippen LogP contribution in [0.3, 0.4) is 0 Å². The highest BCUT2D eigenvalue weighted by molar-refractivity contribution is 5.77. The van der Waals surface area contributed by atoms with Gasteiger partial charge in [-0.2, -0.15) is 0 Å². The zero-order valence-electron chi connectivity index (χ0n) is 11.4. The number of piperidine rings is 1. The molecule has 0 atom stereocenters. The van der Waals surface area contributed by atoms with Gasteiger partial charge in [0.25, 0.3) is 0 Å². The van der Waals surface area contributed by atoms with Crippen LogP contribution in [-0.4, -0.2) is 49.6 Å². The lowest BCUT2D eigenvalue weighted by Gasteiger charge is -2.26. The average Bonchev–Trinajstić information content (AvgIpc) is 2.91. The van der Waals surface area contributed by atoms with Crippen molar-refractivity contribution in [1.29, 1.82) is 0 Å². The number of nitrogens with zero attached hydrogens (tertiary/aromatic N) is 1. The number of carbonyl (C=O) groups is 1. The normalized spacial score (nSPS) is 22.2. The molecule has 0 aromatic heterocycles. The summed E-state index contributed by atoms with van der Waals surface area (Å²) in [6.45, 7) is 4.71. The average molecular weight is 253 g/mol. The molecule has 1 saturated carbocycles. The van der Waals surface area contributed by atoms with Crippen molar-refractivity contribution >= 4 is 5.91 Å². The van der Waals surface area contributed by atoms with Crippen LogP contribution >= 0.6 is 0 Å². The van der Waals surface area contributed by atoms with E-state index < -0.39 is 0 Å². The zero-order valence-corrected chi connectivity index (χ0v) is 11.4. The first-order valence-electron chi connectivity index (χ1n) is 7.57. The first kappa shape index (κ1) is 13.8. The van der Waals surface area contributed by atoms with E-state index in [2.05, 4.69) is 15.5 Å². The van der Waals surface area contributed by atoms with E-state index in [9.17, 15) is 4.79 Å². The van der Waals surface area contributed by atoms with Crippen LogP contribution in [0.1, 0.15) is 44.9 Å². The Morgan fingerprint density at radius 2 is 1.78 bits per heavy atom. The maximum absolute atomic E-state index is 11.6. The van der Waals surface area contributed by atoms with Gasteiger partial charge < -0.3 is 15.5 Å². The fraction of sp³-hybridized carbons (Fsp3) is 0.929. The molecule has 2 rings (SSSR count). The van der Waals surface area contributed by atoms with Crippen LogP contribution in [0.25, 0.3) is 0 Å². The van der Waals surface area contributed by atoms with Crippen molar-refractivity contribution < 1.29 is 4.79 Å². The Morgan fingerprint density at radius 1 is 1.06 bits per heavy atom. The van der Waals surface area contributed by atoms with Crippen molar-refractivity contribution in [3.63, 3.8) is 0 Å². The lowest BCUT2D eigenvalue weighted by molar-refractivity contribution is -0.120. The highest BCUT2D eigenvalue weighted by atomic mass is 16.1. The molecule has 1 amide bonds. The first-order valence-corrected chi connectivity index (χ1v) is 7.57.